The monoisotopic (exact) mass is 1630 g/mol. The molecular formula is C116H94N4SSi2. The summed E-state index contributed by atoms with van der Waals surface area (Å²) in [4.78, 5) is 2.34. The molecular weight excluding hydrogens is 1540 g/mol. The number of benzene rings is 17. The van der Waals surface area contributed by atoms with Crippen LogP contribution in [0, 0.1) is 0 Å². The standard InChI is InChI=1S/C116H94N4SSi2/c1-8-99(122(100-29-15-9-16-30-100,101-31-17-10-18-32-101)102-33-19-11-20-34-102)41-27-28-82-42-68-96(69-43-82)119(97-70-56-87(57-71-97)88-60-74-106(75-61-88)123(103-35-21-12-22-36-103,104-37-23-13-24-38-104)105-39-25-14-26-40-105)112-79-76-107(113-114(112)118-121-117-113)91-58-72-98(73-59-91)120-110-77-62-92(89-48-44-83(45-49-89)85-52-64-94(65-53-85)115(2,3)4)80-108(110)109-81-93(63-78-111(109)120)90-50-46-84(47-51-90)86-54-66-95(67-55-86)116(5,6)7/h8-81H,1H2,2-7H3/b28-27+,99-41+. The van der Waals surface area contributed by atoms with Gasteiger partial charge in [-0.1, -0.05) is 424 Å². The van der Waals surface area contributed by atoms with Gasteiger partial charge in [0.25, 0.3) is 0 Å². The summed E-state index contributed by atoms with van der Waals surface area (Å²) in [6, 6.07) is 157. The smallest absolute Gasteiger partial charge is 0.179 e. The summed E-state index contributed by atoms with van der Waals surface area (Å²) in [5.74, 6) is 0. The van der Waals surface area contributed by atoms with Crippen LogP contribution >= 0.6 is 11.7 Å². The summed E-state index contributed by atoms with van der Waals surface area (Å²) in [6.07, 6.45) is 8.78. The van der Waals surface area contributed by atoms with Crippen molar-refractivity contribution in [2.45, 2.75) is 52.4 Å². The Balaban J connectivity index is 0.680. The van der Waals surface area contributed by atoms with E-state index in [2.05, 4.69) is 507 Å². The van der Waals surface area contributed by atoms with Crippen LogP contribution in [-0.4, -0.2) is 29.5 Å². The van der Waals surface area contributed by atoms with E-state index >= 15 is 0 Å². The molecule has 0 fully saturated rings. The maximum atomic E-state index is 5.21. The molecule has 0 bridgehead atoms. The SMILES string of the molecule is C=C/C(=C\C=C\c1ccc(N(c2ccc(-c3ccc([Si](c4ccccc4)(c4ccccc4)c4ccccc4)cc3)cc2)c2ccc(-c3ccc(-n4c5ccc(-c6ccc(-c7ccc(C(C)(C)C)cc7)cc6)cc5c5cc(-c6ccc(-c7ccc(C(C)(C)C)cc7)cc6)ccc54)cc3)c3nsnc23)cc1)[Si](c1ccccc1)(c1ccccc1)c1ccccc1. The van der Waals surface area contributed by atoms with Gasteiger partial charge in [0.2, 0.25) is 0 Å². The number of hydrogen-bond acceptors (Lipinski definition) is 4. The van der Waals surface area contributed by atoms with E-state index in [4.69, 9.17) is 8.75 Å². The average Bonchev–Trinajstić information content (AvgIpc) is 1.73. The van der Waals surface area contributed by atoms with Crippen LogP contribution in [0.3, 0.4) is 0 Å². The Morgan fingerprint density at radius 2 is 0.650 bits per heavy atom. The van der Waals surface area contributed by atoms with Crippen LogP contribution in [0.1, 0.15) is 58.2 Å². The average molecular weight is 1630 g/mol. The summed E-state index contributed by atoms with van der Waals surface area (Å²) in [6.45, 7) is 18.1. The Hall–Kier alpha value is -14.2. The van der Waals surface area contributed by atoms with Crippen molar-refractivity contribution in [3.63, 3.8) is 0 Å². The maximum Gasteiger partial charge on any atom is 0.179 e. The van der Waals surface area contributed by atoms with Crippen molar-refractivity contribution in [2.75, 3.05) is 4.90 Å². The normalized spacial score (nSPS) is 12.2. The van der Waals surface area contributed by atoms with Crippen LogP contribution in [-0.2, 0) is 10.8 Å². The minimum atomic E-state index is -2.81. The summed E-state index contributed by atoms with van der Waals surface area (Å²) in [5.41, 5.74) is 25.7. The van der Waals surface area contributed by atoms with Gasteiger partial charge in [-0.15, -0.1) is 0 Å². The highest BCUT2D eigenvalue weighted by atomic mass is 32.1. The molecule has 0 saturated carbocycles. The van der Waals surface area contributed by atoms with E-state index in [1.54, 1.807) is 0 Å². The molecule has 0 spiro atoms. The van der Waals surface area contributed by atoms with Gasteiger partial charge in [0, 0.05) is 33.4 Å². The third-order valence-electron chi connectivity index (χ3n) is 24.8. The van der Waals surface area contributed by atoms with Crippen molar-refractivity contribution in [2.24, 2.45) is 0 Å². The molecule has 0 aliphatic heterocycles. The molecule has 592 valence electrons. The number of hydrogen-bond donors (Lipinski definition) is 0. The predicted octanol–water partition coefficient (Wildman–Crippen LogP) is 26.1. The fourth-order valence-electron chi connectivity index (χ4n) is 18.4. The van der Waals surface area contributed by atoms with Crippen molar-refractivity contribution in [3.8, 4) is 72.4 Å². The van der Waals surface area contributed by atoms with Gasteiger partial charge in [-0.25, -0.2) is 0 Å². The number of rotatable bonds is 21. The lowest BCUT2D eigenvalue weighted by atomic mass is 9.86. The number of nitrogens with zero attached hydrogens (tertiary/aromatic N) is 4. The topological polar surface area (TPSA) is 34.0 Å². The maximum absolute atomic E-state index is 5.21. The van der Waals surface area contributed by atoms with E-state index in [0.717, 1.165) is 72.6 Å². The Morgan fingerprint density at radius 1 is 0.325 bits per heavy atom. The van der Waals surface area contributed by atoms with E-state index in [-0.39, 0.29) is 10.8 Å². The van der Waals surface area contributed by atoms with E-state index in [0.29, 0.717) is 0 Å². The first-order chi connectivity index (χ1) is 60.2. The molecule has 0 aliphatic rings. The van der Waals surface area contributed by atoms with E-state index in [9.17, 15) is 0 Å². The van der Waals surface area contributed by atoms with Gasteiger partial charge >= 0.3 is 0 Å². The zero-order valence-electron chi connectivity index (χ0n) is 70.1. The minimum absolute atomic E-state index is 0.0900. The highest BCUT2D eigenvalue weighted by Gasteiger charge is 2.43. The van der Waals surface area contributed by atoms with Crippen LogP contribution in [0.5, 0.6) is 0 Å². The minimum Gasteiger partial charge on any atom is -0.309 e. The molecule has 0 aliphatic carbocycles. The molecule has 19 rings (SSSR count). The van der Waals surface area contributed by atoms with Crippen molar-refractivity contribution in [1.82, 2.24) is 13.3 Å². The Bertz CT molecular complexity index is 6670. The second kappa shape index (κ2) is 33.4. The van der Waals surface area contributed by atoms with Crippen LogP contribution in [0.15, 0.2) is 455 Å². The number of anilines is 3. The lowest BCUT2D eigenvalue weighted by molar-refractivity contribution is 0.590. The molecule has 2 heterocycles. The van der Waals surface area contributed by atoms with Gasteiger partial charge in [0.1, 0.15) is 11.0 Å². The molecule has 123 heavy (non-hydrogen) atoms. The Kier molecular flexibility index (Phi) is 21.4. The van der Waals surface area contributed by atoms with Crippen molar-refractivity contribution >= 4 is 120 Å². The second-order valence-corrected chi connectivity index (χ2v) is 42.3. The molecule has 0 amide bonds. The summed E-state index contributed by atoms with van der Waals surface area (Å²) >= 11 is 1.25. The lowest BCUT2D eigenvalue weighted by Gasteiger charge is -2.35. The first kappa shape index (κ1) is 78.7. The molecule has 17 aromatic carbocycles. The molecule has 0 unspecified atom stereocenters. The molecule has 0 atom stereocenters. The van der Waals surface area contributed by atoms with Crippen LogP contribution in [0.4, 0.5) is 17.1 Å². The lowest BCUT2D eigenvalue weighted by Crippen LogP contribution is -2.74. The highest BCUT2D eigenvalue weighted by Crippen LogP contribution is 2.44. The van der Waals surface area contributed by atoms with Gasteiger partial charge < -0.3 is 9.47 Å². The molecule has 0 saturated heterocycles. The summed E-state index contributed by atoms with van der Waals surface area (Å²) in [5, 5.41) is 12.9. The quantitative estimate of drug-likeness (QED) is 0.0408. The van der Waals surface area contributed by atoms with Gasteiger partial charge in [0.05, 0.1) is 28.4 Å². The van der Waals surface area contributed by atoms with Crippen molar-refractivity contribution in [1.29, 1.82) is 0 Å². The van der Waals surface area contributed by atoms with E-state index in [1.165, 1.54) is 120 Å². The largest absolute Gasteiger partial charge is 0.309 e. The number of fused-ring (bicyclic) bond motifs is 4. The van der Waals surface area contributed by atoms with Gasteiger partial charge in [-0.3, -0.25) is 0 Å². The molecule has 19 aromatic rings. The van der Waals surface area contributed by atoms with Crippen molar-refractivity contribution < 1.29 is 0 Å². The van der Waals surface area contributed by atoms with E-state index < -0.39 is 16.1 Å². The zero-order valence-corrected chi connectivity index (χ0v) is 72.9. The van der Waals surface area contributed by atoms with E-state index in [1.807, 2.05) is 0 Å². The molecule has 2 aromatic heterocycles. The van der Waals surface area contributed by atoms with Crippen LogP contribution in [0.25, 0.3) is 111 Å². The summed E-state index contributed by atoms with van der Waals surface area (Å²) in [7, 11) is -5.55. The fourth-order valence-corrected chi connectivity index (χ4v) is 28.4. The third kappa shape index (κ3) is 15.1. The number of aromatic nitrogens is 3. The van der Waals surface area contributed by atoms with Gasteiger partial charge in [-0.05, 0) is 203 Å². The Morgan fingerprint density at radius 3 is 1.04 bits per heavy atom. The molecule has 0 N–H and O–H groups in total. The molecule has 4 nitrogen and oxygen atoms in total. The van der Waals surface area contributed by atoms with Gasteiger partial charge in [0.15, 0.2) is 16.1 Å². The first-order valence-corrected chi connectivity index (χ1v) is 47.2. The molecule has 7 heteroatoms. The Labute approximate surface area is 729 Å². The first-order valence-electron chi connectivity index (χ1n) is 42.5. The second-order valence-electron chi connectivity index (χ2n) is 34.2. The van der Waals surface area contributed by atoms with Gasteiger partial charge in [-0.2, -0.15) is 8.75 Å². The fraction of sp³-hybridized carbons (Fsp3) is 0.0690. The van der Waals surface area contributed by atoms with Crippen LogP contribution < -0.4 is 41.2 Å². The van der Waals surface area contributed by atoms with Crippen molar-refractivity contribution in [3.05, 3.63) is 471 Å². The predicted molar refractivity (Wildman–Crippen MR) is 531 cm³/mol. The number of allylic oxidation sites excluding steroid dienone is 4. The zero-order chi connectivity index (χ0) is 83.7. The molecule has 0 radical (unpaired) electrons. The summed E-state index contributed by atoms with van der Waals surface area (Å²) < 4.78 is 12.8. The van der Waals surface area contributed by atoms with Crippen LogP contribution in [0.2, 0.25) is 0 Å². The highest BCUT2D eigenvalue weighted by molar-refractivity contribution is 7.20. The third-order valence-corrected chi connectivity index (χ3v) is 35.0.